The molecule has 0 aliphatic heterocycles. The number of terminal acetylenes is 1. The van der Waals surface area contributed by atoms with Crippen molar-refractivity contribution in [3.8, 4) is 12.3 Å². The molecule has 0 radical (unpaired) electrons. The fourth-order valence-corrected chi connectivity index (χ4v) is 0.752. The molecule has 0 spiro atoms. The lowest BCUT2D eigenvalue weighted by Gasteiger charge is -2.01. The summed E-state index contributed by atoms with van der Waals surface area (Å²) in [5.74, 6) is -0.470. The number of hydrogen-bond acceptors (Lipinski definition) is 1. The van der Waals surface area contributed by atoms with Gasteiger partial charge in [-0.15, -0.1) is 6.42 Å². The maximum absolute atomic E-state index is 12.8. The van der Waals surface area contributed by atoms with E-state index in [1.807, 2.05) is 5.32 Å². The topological polar surface area (TPSA) is 29.1 Å². The number of anilines is 1. The van der Waals surface area contributed by atoms with Gasteiger partial charge >= 0.3 is 0 Å². The van der Waals surface area contributed by atoms with Crippen molar-refractivity contribution in [2.75, 3.05) is 5.32 Å². The SMILES string of the molecule is C#CC(=O)Nc1cc(F)ccc1F. The Bertz CT molecular complexity index is 382. The van der Waals surface area contributed by atoms with E-state index in [2.05, 4.69) is 0 Å². The maximum atomic E-state index is 12.8. The van der Waals surface area contributed by atoms with Crippen LogP contribution in [0, 0.1) is 24.0 Å². The highest BCUT2D eigenvalue weighted by molar-refractivity contribution is 6.03. The van der Waals surface area contributed by atoms with Crippen molar-refractivity contribution < 1.29 is 13.6 Å². The van der Waals surface area contributed by atoms with Crippen LogP contribution in [0.25, 0.3) is 0 Å². The molecule has 0 aromatic heterocycles. The Hall–Kier alpha value is -1.89. The normalized spacial score (nSPS) is 9.00. The van der Waals surface area contributed by atoms with Gasteiger partial charge in [-0.25, -0.2) is 8.78 Å². The first-order valence-electron chi connectivity index (χ1n) is 3.36. The molecule has 0 fully saturated rings. The van der Waals surface area contributed by atoms with Crippen molar-refractivity contribution in [1.82, 2.24) is 0 Å². The van der Waals surface area contributed by atoms with E-state index >= 15 is 0 Å². The van der Waals surface area contributed by atoms with Crippen LogP contribution in [0.15, 0.2) is 18.2 Å². The van der Waals surface area contributed by atoms with Crippen LogP contribution in [0.3, 0.4) is 0 Å². The van der Waals surface area contributed by atoms with E-state index in [4.69, 9.17) is 6.42 Å². The van der Waals surface area contributed by atoms with Gasteiger partial charge < -0.3 is 5.32 Å². The molecular weight excluding hydrogens is 176 g/mol. The monoisotopic (exact) mass is 181 g/mol. The Balaban J connectivity index is 2.95. The molecule has 1 rings (SSSR count). The molecule has 2 nitrogen and oxygen atoms in total. The smallest absolute Gasteiger partial charge is 0.300 e. The maximum Gasteiger partial charge on any atom is 0.300 e. The zero-order valence-electron chi connectivity index (χ0n) is 6.47. The lowest BCUT2D eigenvalue weighted by atomic mass is 10.3. The molecule has 0 aliphatic carbocycles. The number of halogens is 2. The molecule has 0 atom stereocenters. The highest BCUT2D eigenvalue weighted by atomic mass is 19.1. The second-order valence-corrected chi connectivity index (χ2v) is 2.22. The summed E-state index contributed by atoms with van der Waals surface area (Å²) in [6.45, 7) is 0. The van der Waals surface area contributed by atoms with Crippen LogP contribution in [0.1, 0.15) is 0 Å². The van der Waals surface area contributed by atoms with Gasteiger partial charge in [0.15, 0.2) is 0 Å². The van der Waals surface area contributed by atoms with Crippen molar-refractivity contribution in [3.63, 3.8) is 0 Å². The zero-order valence-corrected chi connectivity index (χ0v) is 6.47. The van der Waals surface area contributed by atoms with Crippen LogP contribution < -0.4 is 5.32 Å². The first-order valence-corrected chi connectivity index (χ1v) is 3.36. The van der Waals surface area contributed by atoms with E-state index in [1.54, 1.807) is 5.92 Å². The molecule has 0 saturated carbocycles. The summed E-state index contributed by atoms with van der Waals surface area (Å²) in [6, 6.07) is 2.70. The Kier molecular flexibility index (Phi) is 2.60. The molecular formula is C9H5F2NO. The molecule has 1 aromatic carbocycles. The Morgan fingerprint density at radius 2 is 2.15 bits per heavy atom. The van der Waals surface area contributed by atoms with Gasteiger partial charge in [0.25, 0.3) is 5.91 Å². The molecule has 1 amide bonds. The quantitative estimate of drug-likeness (QED) is 0.654. The highest BCUT2D eigenvalue weighted by Gasteiger charge is 2.05. The molecule has 13 heavy (non-hydrogen) atoms. The van der Waals surface area contributed by atoms with Gasteiger partial charge in [0, 0.05) is 6.07 Å². The third-order valence-electron chi connectivity index (χ3n) is 1.31. The number of carbonyl (C=O) groups is 1. The third kappa shape index (κ3) is 2.27. The van der Waals surface area contributed by atoms with Crippen molar-refractivity contribution in [1.29, 1.82) is 0 Å². The second kappa shape index (κ2) is 3.68. The Morgan fingerprint density at radius 1 is 1.46 bits per heavy atom. The van der Waals surface area contributed by atoms with Gasteiger partial charge in [-0.05, 0) is 18.1 Å². The van der Waals surface area contributed by atoms with Crippen LogP contribution in [0.4, 0.5) is 14.5 Å². The molecule has 0 unspecified atom stereocenters. The van der Waals surface area contributed by atoms with Gasteiger partial charge in [0.2, 0.25) is 0 Å². The van der Waals surface area contributed by atoms with Crippen LogP contribution in [0.5, 0.6) is 0 Å². The minimum atomic E-state index is -0.815. The van der Waals surface area contributed by atoms with E-state index in [0.29, 0.717) is 0 Å². The Morgan fingerprint density at radius 3 is 2.77 bits per heavy atom. The minimum Gasteiger partial charge on any atom is -0.312 e. The molecule has 0 heterocycles. The van der Waals surface area contributed by atoms with E-state index < -0.39 is 17.5 Å². The first-order chi connectivity index (χ1) is 6.13. The molecule has 66 valence electrons. The molecule has 4 heteroatoms. The van der Waals surface area contributed by atoms with Gasteiger partial charge in [-0.3, -0.25) is 4.79 Å². The number of amides is 1. The van der Waals surface area contributed by atoms with Crippen molar-refractivity contribution in [3.05, 3.63) is 29.8 Å². The first kappa shape index (κ1) is 9.20. The molecule has 1 aromatic rings. The highest BCUT2D eigenvalue weighted by Crippen LogP contribution is 2.14. The molecule has 1 N–H and O–H groups in total. The van der Waals surface area contributed by atoms with Gasteiger partial charge in [0.1, 0.15) is 11.6 Å². The average Bonchev–Trinajstić information content (AvgIpc) is 2.11. The number of nitrogens with one attached hydrogen (secondary N) is 1. The number of rotatable bonds is 1. The third-order valence-corrected chi connectivity index (χ3v) is 1.31. The standard InChI is InChI=1S/C9H5F2NO/c1-2-9(13)12-8-5-6(10)3-4-7(8)11/h1,3-5H,(H,12,13). The fourth-order valence-electron chi connectivity index (χ4n) is 0.752. The van der Waals surface area contributed by atoms with Crippen molar-refractivity contribution in [2.24, 2.45) is 0 Å². The van der Waals surface area contributed by atoms with Crippen molar-refractivity contribution >= 4 is 11.6 Å². The molecule has 0 saturated heterocycles. The fraction of sp³-hybridized carbons (Fsp3) is 0. The van der Waals surface area contributed by atoms with Gasteiger partial charge in [-0.2, -0.15) is 0 Å². The van der Waals surface area contributed by atoms with Gasteiger partial charge in [-0.1, -0.05) is 0 Å². The van der Waals surface area contributed by atoms with E-state index in [9.17, 15) is 13.6 Å². The predicted molar refractivity (Wildman–Crippen MR) is 43.8 cm³/mol. The summed E-state index contributed by atoms with van der Waals surface area (Å²) in [4.78, 5) is 10.6. The number of carbonyl (C=O) groups excluding carboxylic acids is 1. The molecule has 0 aliphatic rings. The second-order valence-electron chi connectivity index (χ2n) is 2.22. The minimum absolute atomic E-state index is 0.261. The van der Waals surface area contributed by atoms with E-state index in [1.165, 1.54) is 0 Å². The summed E-state index contributed by atoms with van der Waals surface area (Å²) < 4.78 is 25.3. The lowest BCUT2D eigenvalue weighted by Crippen LogP contribution is -2.09. The summed E-state index contributed by atoms with van der Waals surface area (Å²) in [6.07, 6.45) is 4.73. The van der Waals surface area contributed by atoms with Crippen LogP contribution >= 0.6 is 0 Å². The summed E-state index contributed by atoms with van der Waals surface area (Å²) in [5, 5.41) is 2.01. The summed E-state index contributed by atoms with van der Waals surface area (Å²) in [7, 11) is 0. The zero-order chi connectivity index (χ0) is 9.84. The number of hydrogen-bond donors (Lipinski definition) is 1. The van der Waals surface area contributed by atoms with Gasteiger partial charge in [0.05, 0.1) is 5.69 Å². The number of benzene rings is 1. The lowest BCUT2D eigenvalue weighted by molar-refractivity contribution is -0.111. The van der Waals surface area contributed by atoms with E-state index in [0.717, 1.165) is 18.2 Å². The van der Waals surface area contributed by atoms with Crippen LogP contribution in [-0.2, 0) is 4.79 Å². The summed E-state index contributed by atoms with van der Waals surface area (Å²) in [5.41, 5.74) is -0.261. The van der Waals surface area contributed by atoms with Crippen molar-refractivity contribution in [2.45, 2.75) is 0 Å². The summed E-state index contributed by atoms with van der Waals surface area (Å²) >= 11 is 0. The largest absolute Gasteiger partial charge is 0.312 e. The average molecular weight is 181 g/mol. The van der Waals surface area contributed by atoms with Crippen LogP contribution in [0.2, 0.25) is 0 Å². The van der Waals surface area contributed by atoms with Crippen LogP contribution in [-0.4, -0.2) is 5.91 Å². The predicted octanol–water partition coefficient (Wildman–Crippen LogP) is 1.54. The Labute approximate surface area is 73.6 Å². The molecule has 0 bridgehead atoms. The van der Waals surface area contributed by atoms with E-state index in [-0.39, 0.29) is 5.69 Å².